The molecule has 1 aromatic carbocycles. The first kappa shape index (κ1) is 15.5. The number of methoxy groups -OCH3 is 2. The van der Waals surface area contributed by atoms with Gasteiger partial charge in [-0.1, -0.05) is 13.8 Å². The normalized spacial score (nSPS) is 11.2. The molecule has 0 aliphatic heterocycles. The molecule has 0 fully saturated rings. The van der Waals surface area contributed by atoms with Crippen LogP contribution >= 0.6 is 24.5 Å². The molecule has 0 saturated heterocycles. The monoisotopic (exact) mass is 332 g/mol. The van der Waals surface area contributed by atoms with Crippen molar-refractivity contribution < 1.29 is 14.3 Å². The highest BCUT2D eigenvalue weighted by atomic mass is 79.9. The fraction of sp³-hybridized carbons (Fsp3) is 0.462. The van der Waals surface area contributed by atoms with Gasteiger partial charge in [-0.15, -0.1) is 0 Å². The number of rotatable bonds is 6. The summed E-state index contributed by atoms with van der Waals surface area (Å²) in [5.41, 5.74) is 0.618. The van der Waals surface area contributed by atoms with E-state index in [1.54, 1.807) is 20.3 Å². The van der Waals surface area contributed by atoms with Crippen LogP contribution in [0.2, 0.25) is 0 Å². The van der Waals surface area contributed by atoms with Crippen molar-refractivity contribution in [1.29, 1.82) is 0 Å². The summed E-state index contributed by atoms with van der Waals surface area (Å²) in [6.07, 6.45) is 0.887. The van der Waals surface area contributed by atoms with Crippen LogP contribution in [0, 0.1) is 5.92 Å². The molecule has 1 atom stereocenters. The van der Waals surface area contributed by atoms with E-state index in [0.717, 1.165) is 10.6 Å². The molecular formula is C13H18BrO3P. The largest absolute Gasteiger partial charge is 0.496 e. The first-order chi connectivity index (χ1) is 8.51. The van der Waals surface area contributed by atoms with Gasteiger partial charge >= 0.3 is 0 Å². The Hall–Kier alpha value is -0.600. The highest BCUT2D eigenvalue weighted by molar-refractivity contribution is 9.10. The van der Waals surface area contributed by atoms with Gasteiger partial charge in [0, 0.05) is 0 Å². The summed E-state index contributed by atoms with van der Waals surface area (Å²) in [4.78, 5) is 12.3. The Balaban J connectivity index is 3.11. The van der Waals surface area contributed by atoms with E-state index in [2.05, 4.69) is 29.8 Å². The van der Waals surface area contributed by atoms with Gasteiger partial charge in [-0.2, -0.15) is 0 Å². The highest BCUT2D eigenvalue weighted by Crippen LogP contribution is 2.39. The van der Waals surface area contributed by atoms with Crippen LogP contribution in [0.15, 0.2) is 16.6 Å². The molecule has 0 radical (unpaired) electrons. The third-order valence-electron chi connectivity index (χ3n) is 2.39. The van der Waals surface area contributed by atoms with Crippen LogP contribution in [0.1, 0.15) is 24.2 Å². The van der Waals surface area contributed by atoms with E-state index < -0.39 is 0 Å². The van der Waals surface area contributed by atoms with Crippen molar-refractivity contribution in [2.45, 2.75) is 13.8 Å². The Morgan fingerprint density at radius 1 is 1.33 bits per heavy atom. The first-order valence-corrected chi connectivity index (χ1v) is 7.70. The number of halogens is 1. The van der Waals surface area contributed by atoms with Crippen molar-refractivity contribution in [1.82, 2.24) is 0 Å². The van der Waals surface area contributed by atoms with Crippen molar-refractivity contribution in [3.05, 3.63) is 22.2 Å². The highest BCUT2D eigenvalue weighted by Gasteiger charge is 2.20. The Morgan fingerprint density at radius 2 is 2.00 bits per heavy atom. The summed E-state index contributed by atoms with van der Waals surface area (Å²) in [5, 5.41) is 0. The number of benzene rings is 1. The quantitative estimate of drug-likeness (QED) is 0.740. The van der Waals surface area contributed by atoms with Crippen LogP contribution in [-0.4, -0.2) is 25.9 Å². The van der Waals surface area contributed by atoms with Crippen LogP contribution in [0.4, 0.5) is 0 Å². The van der Waals surface area contributed by atoms with Crippen LogP contribution < -0.4 is 9.47 Å². The lowest BCUT2D eigenvalue weighted by molar-refractivity contribution is 0.107. The van der Waals surface area contributed by atoms with Gasteiger partial charge in [0.15, 0.2) is 5.52 Å². The molecule has 0 aliphatic rings. The lowest BCUT2D eigenvalue weighted by Crippen LogP contribution is -2.03. The third kappa shape index (κ3) is 3.69. The van der Waals surface area contributed by atoms with E-state index in [0.29, 0.717) is 23.0 Å². The van der Waals surface area contributed by atoms with Crippen LogP contribution in [0.3, 0.4) is 0 Å². The smallest absolute Gasteiger partial charge is 0.188 e. The summed E-state index contributed by atoms with van der Waals surface area (Å²) in [6.45, 7) is 4.21. The summed E-state index contributed by atoms with van der Waals surface area (Å²) >= 11 is 3.39. The second-order valence-electron chi connectivity index (χ2n) is 4.26. The molecule has 0 spiro atoms. The zero-order valence-corrected chi connectivity index (χ0v) is 13.6. The zero-order valence-electron chi connectivity index (χ0n) is 11.0. The van der Waals surface area contributed by atoms with Crippen molar-refractivity contribution in [3.63, 3.8) is 0 Å². The van der Waals surface area contributed by atoms with E-state index >= 15 is 0 Å². The topological polar surface area (TPSA) is 35.5 Å². The van der Waals surface area contributed by atoms with Gasteiger partial charge in [0.1, 0.15) is 17.1 Å². The number of hydrogen-bond acceptors (Lipinski definition) is 3. The summed E-state index contributed by atoms with van der Waals surface area (Å²) in [6, 6.07) is 3.60. The molecule has 0 bridgehead atoms. The Kier molecular flexibility index (Phi) is 6.10. The van der Waals surface area contributed by atoms with E-state index in [9.17, 15) is 4.79 Å². The molecule has 0 saturated carbocycles. The van der Waals surface area contributed by atoms with Crippen LogP contribution in [-0.2, 0) is 0 Å². The minimum absolute atomic E-state index is 0.0821. The summed E-state index contributed by atoms with van der Waals surface area (Å²) in [5.74, 6) is 1.63. The second kappa shape index (κ2) is 7.10. The number of hydrogen-bond donors (Lipinski definition) is 0. The number of carbonyl (C=O) groups excluding carboxylic acids is 1. The standard InChI is InChI=1S/C13H18BrO3P/c1-8(2)7-18-13(15)11-10(16-3)6-5-9(14)12(11)17-4/h5-6,8,18H,7H2,1-4H3. The lowest BCUT2D eigenvalue weighted by Gasteiger charge is -2.14. The third-order valence-corrected chi connectivity index (χ3v) is 4.61. The predicted molar refractivity (Wildman–Crippen MR) is 79.6 cm³/mol. The van der Waals surface area contributed by atoms with Crippen molar-refractivity contribution in [2.75, 3.05) is 20.4 Å². The molecule has 5 heteroatoms. The van der Waals surface area contributed by atoms with E-state index in [4.69, 9.17) is 9.47 Å². The predicted octanol–water partition coefficient (Wildman–Crippen LogP) is 3.94. The average Bonchev–Trinajstić information content (AvgIpc) is 2.35. The molecule has 18 heavy (non-hydrogen) atoms. The summed E-state index contributed by atoms with van der Waals surface area (Å²) in [7, 11) is 3.36. The molecule has 3 nitrogen and oxygen atoms in total. The Morgan fingerprint density at radius 3 is 2.50 bits per heavy atom. The molecule has 0 heterocycles. The molecule has 0 aromatic heterocycles. The average molecular weight is 333 g/mol. The molecular weight excluding hydrogens is 315 g/mol. The van der Waals surface area contributed by atoms with E-state index in [1.807, 2.05) is 6.07 Å². The number of carbonyl (C=O) groups is 1. The molecule has 1 rings (SSSR count). The number of ether oxygens (including phenoxy) is 2. The second-order valence-corrected chi connectivity index (χ2v) is 6.33. The van der Waals surface area contributed by atoms with Crippen molar-refractivity contribution in [3.8, 4) is 11.5 Å². The maximum Gasteiger partial charge on any atom is 0.188 e. The fourth-order valence-corrected chi connectivity index (χ4v) is 3.01. The molecule has 0 N–H and O–H groups in total. The maximum absolute atomic E-state index is 12.3. The van der Waals surface area contributed by atoms with Gasteiger partial charge in [0.05, 0.1) is 18.7 Å². The van der Waals surface area contributed by atoms with Gasteiger partial charge in [-0.3, -0.25) is 4.79 Å². The van der Waals surface area contributed by atoms with Gasteiger partial charge in [-0.25, -0.2) is 0 Å². The zero-order chi connectivity index (χ0) is 13.7. The van der Waals surface area contributed by atoms with E-state index in [-0.39, 0.29) is 14.1 Å². The van der Waals surface area contributed by atoms with Crippen LogP contribution in [0.25, 0.3) is 0 Å². The maximum atomic E-state index is 12.3. The fourth-order valence-electron chi connectivity index (χ4n) is 1.51. The van der Waals surface area contributed by atoms with Crippen molar-refractivity contribution in [2.24, 2.45) is 5.92 Å². The molecule has 1 unspecified atom stereocenters. The van der Waals surface area contributed by atoms with Crippen LogP contribution in [0.5, 0.6) is 11.5 Å². The van der Waals surface area contributed by atoms with Gasteiger partial charge in [-0.05, 0) is 48.7 Å². The molecule has 1 aromatic rings. The molecule has 100 valence electrons. The minimum atomic E-state index is 0.0821. The Labute approximate surface area is 118 Å². The lowest BCUT2D eigenvalue weighted by atomic mass is 10.2. The first-order valence-electron chi connectivity index (χ1n) is 5.70. The molecule has 0 aliphatic carbocycles. The molecule has 0 amide bonds. The summed E-state index contributed by atoms with van der Waals surface area (Å²) < 4.78 is 11.3. The SMILES string of the molecule is COc1ccc(Br)c(OC)c1C(=O)PCC(C)C. The van der Waals surface area contributed by atoms with Gasteiger partial charge in [0.25, 0.3) is 0 Å². The Bertz CT molecular complexity index is 432. The van der Waals surface area contributed by atoms with Gasteiger partial charge < -0.3 is 9.47 Å². The van der Waals surface area contributed by atoms with Crippen molar-refractivity contribution >= 4 is 30.0 Å². The van der Waals surface area contributed by atoms with Gasteiger partial charge in [0.2, 0.25) is 0 Å². The minimum Gasteiger partial charge on any atom is -0.496 e. The van der Waals surface area contributed by atoms with E-state index in [1.165, 1.54) is 0 Å².